The zero-order valence-corrected chi connectivity index (χ0v) is 10.4. The van der Waals surface area contributed by atoms with Gasteiger partial charge in [0.25, 0.3) is 0 Å². The van der Waals surface area contributed by atoms with Crippen LogP contribution in [0.3, 0.4) is 0 Å². The number of rotatable bonds is 7. The molecule has 1 aromatic heterocycles. The molecule has 0 amide bonds. The van der Waals surface area contributed by atoms with Gasteiger partial charge in [0.1, 0.15) is 0 Å². The highest BCUT2D eigenvalue weighted by atomic mass is 35.5. The van der Waals surface area contributed by atoms with E-state index in [0.29, 0.717) is 5.88 Å². The topological polar surface area (TPSA) is 21.1 Å². The molecule has 1 heterocycles. The third kappa shape index (κ3) is 3.84. The van der Waals surface area contributed by atoms with E-state index >= 15 is 0 Å². The van der Waals surface area contributed by atoms with Crippen molar-refractivity contribution in [1.82, 2.24) is 14.5 Å². The van der Waals surface area contributed by atoms with Gasteiger partial charge in [-0.25, -0.2) is 4.98 Å². The Hall–Kier alpha value is -0.540. The van der Waals surface area contributed by atoms with E-state index in [1.807, 2.05) is 12.5 Å². The second-order valence-corrected chi connectivity index (χ2v) is 3.91. The molecule has 0 N–H and O–H groups in total. The van der Waals surface area contributed by atoms with Crippen LogP contribution >= 0.6 is 11.6 Å². The number of halogens is 1. The summed E-state index contributed by atoms with van der Waals surface area (Å²) in [4.78, 5) is 6.55. The molecule has 15 heavy (non-hydrogen) atoms. The highest BCUT2D eigenvalue weighted by molar-refractivity contribution is 6.16. The molecule has 0 aromatic carbocycles. The third-order valence-electron chi connectivity index (χ3n) is 2.58. The van der Waals surface area contributed by atoms with Crippen LogP contribution in [0.4, 0.5) is 0 Å². The molecule has 0 fully saturated rings. The first-order valence-corrected chi connectivity index (χ1v) is 6.12. The summed E-state index contributed by atoms with van der Waals surface area (Å²) in [7, 11) is 0. The second-order valence-electron chi connectivity index (χ2n) is 3.65. The molecular weight excluding hydrogens is 210 g/mol. The molecule has 86 valence electrons. The minimum Gasteiger partial charge on any atom is -0.332 e. The van der Waals surface area contributed by atoms with Gasteiger partial charge in [0.15, 0.2) is 0 Å². The highest BCUT2D eigenvalue weighted by Gasteiger charge is 2.03. The molecule has 1 aromatic rings. The van der Waals surface area contributed by atoms with Crippen LogP contribution in [0.25, 0.3) is 0 Å². The number of hydrogen-bond donors (Lipinski definition) is 0. The molecule has 3 nitrogen and oxygen atoms in total. The first kappa shape index (κ1) is 12.5. The SMILES string of the molecule is CCCN(CC)CCn1cncc1CCl. The largest absolute Gasteiger partial charge is 0.332 e. The fourth-order valence-electron chi connectivity index (χ4n) is 1.65. The lowest BCUT2D eigenvalue weighted by Gasteiger charge is -2.20. The van der Waals surface area contributed by atoms with Crippen molar-refractivity contribution in [3.05, 3.63) is 18.2 Å². The molecule has 0 aliphatic carbocycles. The van der Waals surface area contributed by atoms with E-state index in [9.17, 15) is 0 Å². The van der Waals surface area contributed by atoms with Crippen molar-refractivity contribution in [2.24, 2.45) is 0 Å². The van der Waals surface area contributed by atoms with Crippen LogP contribution in [0.15, 0.2) is 12.5 Å². The fourth-order valence-corrected chi connectivity index (χ4v) is 1.88. The van der Waals surface area contributed by atoms with Gasteiger partial charge in [-0.05, 0) is 19.5 Å². The average molecular weight is 230 g/mol. The average Bonchev–Trinajstić information content (AvgIpc) is 2.71. The van der Waals surface area contributed by atoms with Crippen molar-refractivity contribution in [1.29, 1.82) is 0 Å². The lowest BCUT2D eigenvalue weighted by Crippen LogP contribution is -2.28. The molecular formula is C11H20ClN3. The van der Waals surface area contributed by atoms with Gasteiger partial charge < -0.3 is 9.47 Å². The van der Waals surface area contributed by atoms with Crippen LogP contribution in [0, 0.1) is 0 Å². The highest BCUT2D eigenvalue weighted by Crippen LogP contribution is 2.03. The molecule has 0 aliphatic heterocycles. The van der Waals surface area contributed by atoms with Gasteiger partial charge >= 0.3 is 0 Å². The Bertz CT molecular complexity index is 273. The lowest BCUT2D eigenvalue weighted by molar-refractivity contribution is 0.276. The maximum atomic E-state index is 5.81. The Kier molecular flexibility index (Phi) is 5.73. The standard InChI is InChI=1S/C11H20ClN3/c1-3-5-14(4-2)6-7-15-10-13-9-11(15)8-12/h9-10H,3-8H2,1-2H3. The Morgan fingerprint density at radius 1 is 1.40 bits per heavy atom. The predicted molar refractivity (Wildman–Crippen MR) is 64.2 cm³/mol. The van der Waals surface area contributed by atoms with Gasteiger partial charge in [-0.15, -0.1) is 11.6 Å². The van der Waals surface area contributed by atoms with Gasteiger partial charge in [-0.2, -0.15) is 0 Å². The summed E-state index contributed by atoms with van der Waals surface area (Å²) >= 11 is 5.81. The zero-order chi connectivity index (χ0) is 11.1. The first-order valence-electron chi connectivity index (χ1n) is 5.59. The summed E-state index contributed by atoms with van der Waals surface area (Å²) in [5.41, 5.74) is 1.10. The molecule has 0 aliphatic rings. The summed E-state index contributed by atoms with van der Waals surface area (Å²) in [5.74, 6) is 0.542. The van der Waals surface area contributed by atoms with E-state index in [1.165, 1.54) is 13.0 Å². The molecule has 0 saturated heterocycles. The van der Waals surface area contributed by atoms with E-state index in [2.05, 4.69) is 28.3 Å². The molecule has 0 spiro atoms. The normalized spacial score (nSPS) is 11.2. The van der Waals surface area contributed by atoms with Crippen molar-refractivity contribution in [3.63, 3.8) is 0 Å². The smallest absolute Gasteiger partial charge is 0.0948 e. The van der Waals surface area contributed by atoms with E-state index in [4.69, 9.17) is 11.6 Å². The number of aromatic nitrogens is 2. The summed E-state index contributed by atoms with van der Waals surface area (Å²) < 4.78 is 2.13. The monoisotopic (exact) mass is 229 g/mol. The van der Waals surface area contributed by atoms with Crippen LogP contribution < -0.4 is 0 Å². The van der Waals surface area contributed by atoms with Crippen molar-refractivity contribution in [2.75, 3.05) is 19.6 Å². The van der Waals surface area contributed by atoms with Gasteiger partial charge in [-0.1, -0.05) is 13.8 Å². The Morgan fingerprint density at radius 3 is 2.80 bits per heavy atom. The van der Waals surface area contributed by atoms with Crippen molar-refractivity contribution in [2.45, 2.75) is 32.7 Å². The summed E-state index contributed by atoms with van der Waals surface area (Å²) in [5, 5.41) is 0. The molecule has 0 saturated carbocycles. The molecule has 0 radical (unpaired) electrons. The van der Waals surface area contributed by atoms with Gasteiger partial charge in [0, 0.05) is 19.3 Å². The van der Waals surface area contributed by atoms with Crippen LogP contribution in [0.1, 0.15) is 26.0 Å². The summed E-state index contributed by atoms with van der Waals surface area (Å²) in [6.07, 6.45) is 4.90. The van der Waals surface area contributed by atoms with Crippen molar-refractivity contribution >= 4 is 11.6 Å². The van der Waals surface area contributed by atoms with Crippen molar-refractivity contribution in [3.8, 4) is 0 Å². The van der Waals surface area contributed by atoms with Crippen LogP contribution in [-0.4, -0.2) is 34.1 Å². The fraction of sp³-hybridized carbons (Fsp3) is 0.727. The lowest BCUT2D eigenvalue weighted by atomic mass is 10.4. The predicted octanol–water partition coefficient (Wildman–Crippen LogP) is 2.35. The first-order chi connectivity index (χ1) is 7.31. The zero-order valence-electron chi connectivity index (χ0n) is 9.62. The molecule has 0 bridgehead atoms. The molecule has 1 rings (SSSR count). The maximum absolute atomic E-state index is 5.81. The molecule has 4 heteroatoms. The van der Waals surface area contributed by atoms with E-state index < -0.39 is 0 Å². The Labute approximate surface area is 97.1 Å². The van der Waals surface area contributed by atoms with Crippen LogP contribution in [0.5, 0.6) is 0 Å². The number of nitrogens with zero attached hydrogens (tertiary/aromatic N) is 3. The number of likely N-dealkylation sites (N-methyl/N-ethyl adjacent to an activating group) is 1. The maximum Gasteiger partial charge on any atom is 0.0948 e. The minimum absolute atomic E-state index is 0.542. The van der Waals surface area contributed by atoms with E-state index in [-0.39, 0.29) is 0 Å². The summed E-state index contributed by atoms with van der Waals surface area (Å²) in [6.45, 7) is 8.75. The molecule has 0 atom stereocenters. The summed E-state index contributed by atoms with van der Waals surface area (Å²) in [6, 6.07) is 0. The second kappa shape index (κ2) is 6.85. The van der Waals surface area contributed by atoms with E-state index in [0.717, 1.165) is 25.3 Å². The molecule has 0 unspecified atom stereocenters. The third-order valence-corrected chi connectivity index (χ3v) is 2.85. The Morgan fingerprint density at radius 2 is 2.20 bits per heavy atom. The van der Waals surface area contributed by atoms with Gasteiger partial charge in [0.05, 0.1) is 17.9 Å². The number of hydrogen-bond acceptors (Lipinski definition) is 2. The van der Waals surface area contributed by atoms with Gasteiger partial charge in [-0.3, -0.25) is 0 Å². The Balaban J connectivity index is 2.41. The number of alkyl halides is 1. The quantitative estimate of drug-likeness (QED) is 0.670. The minimum atomic E-state index is 0.542. The number of imidazole rings is 1. The van der Waals surface area contributed by atoms with Crippen LogP contribution in [0.2, 0.25) is 0 Å². The van der Waals surface area contributed by atoms with E-state index in [1.54, 1.807) is 0 Å². The van der Waals surface area contributed by atoms with Crippen LogP contribution in [-0.2, 0) is 12.4 Å². The van der Waals surface area contributed by atoms with Gasteiger partial charge in [0.2, 0.25) is 0 Å². The van der Waals surface area contributed by atoms with Crippen molar-refractivity contribution < 1.29 is 0 Å².